The number of carbonyl (C=O) groups excluding carboxylic acids is 2. The third kappa shape index (κ3) is 4.12. The van der Waals surface area contributed by atoms with Gasteiger partial charge in [0.15, 0.2) is 0 Å². The first-order chi connectivity index (χ1) is 11.5. The molecule has 2 saturated heterocycles. The Labute approximate surface area is 141 Å². The Bertz CT molecular complexity index is 586. The molecule has 0 aromatic carbocycles. The van der Waals surface area contributed by atoms with E-state index in [1.165, 1.54) is 0 Å². The van der Waals surface area contributed by atoms with Gasteiger partial charge in [-0.25, -0.2) is 0 Å². The van der Waals surface area contributed by atoms with E-state index in [9.17, 15) is 9.59 Å². The third-order valence-electron chi connectivity index (χ3n) is 4.40. The number of aromatic nitrogens is 2. The van der Waals surface area contributed by atoms with Crippen LogP contribution >= 0.6 is 0 Å². The van der Waals surface area contributed by atoms with Gasteiger partial charge in [-0.3, -0.25) is 14.3 Å². The molecule has 3 rings (SSSR count). The van der Waals surface area contributed by atoms with Gasteiger partial charge in [-0.15, -0.1) is 0 Å². The van der Waals surface area contributed by atoms with Gasteiger partial charge in [0.1, 0.15) is 6.54 Å². The van der Waals surface area contributed by atoms with E-state index >= 15 is 0 Å². The van der Waals surface area contributed by atoms with Gasteiger partial charge in [0.05, 0.1) is 30.0 Å². The quantitative estimate of drug-likeness (QED) is 0.813. The zero-order valence-corrected chi connectivity index (χ0v) is 14.2. The van der Waals surface area contributed by atoms with E-state index in [0.717, 1.165) is 13.0 Å². The lowest BCUT2D eigenvalue weighted by molar-refractivity contribution is -0.144. The van der Waals surface area contributed by atoms with Crippen molar-refractivity contribution in [3.05, 3.63) is 12.4 Å². The smallest absolute Gasteiger partial charge is 0.244 e. The lowest BCUT2D eigenvalue weighted by Crippen LogP contribution is -2.49. The second kappa shape index (κ2) is 7.31. The summed E-state index contributed by atoms with van der Waals surface area (Å²) in [6.45, 7) is 6.89. The maximum Gasteiger partial charge on any atom is 0.244 e. The summed E-state index contributed by atoms with van der Waals surface area (Å²) >= 11 is 0. The van der Waals surface area contributed by atoms with E-state index in [1.807, 2.05) is 18.7 Å². The second-order valence-electron chi connectivity index (χ2n) is 6.66. The normalized spacial score (nSPS) is 27.2. The van der Waals surface area contributed by atoms with Crippen molar-refractivity contribution < 1.29 is 14.3 Å². The molecular weight excluding hydrogens is 310 g/mol. The van der Waals surface area contributed by atoms with Crippen molar-refractivity contribution >= 4 is 17.5 Å². The Morgan fingerprint density at radius 2 is 2.12 bits per heavy atom. The highest BCUT2D eigenvalue weighted by atomic mass is 16.5. The Kier molecular flexibility index (Phi) is 5.15. The summed E-state index contributed by atoms with van der Waals surface area (Å²) in [5, 5.41) is 10.2. The van der Waals surface area contributed by atoms with Gasteiger partial charge in [-0.2, -0.15) is 5.10 Å². The molecule has 0 spiro atoms. The van der Waals surface area contributed by atoms with Crippen molar-refractivity contribution in [3.63, 3.8) is 0 Å². The van der Waals surface area contributed by atoms with Gasteiger partial charge < -0.3 is 20.3 Å². The third-order valence-corrected chi connectivity index (χ3v) is 4.40. The van der Waals surface area contributed by atoms with Crippen LogP contribution in [0.25, 0.3) is 0 Å². The molecule has 24 heavy (non-hydrogen) atoms. The van der Waals surface area contributed by atoms with E-state index in [-0.39, 0.29) is 36.5 Å². The summed E-state index contributed by atoms with van der Waals surface area (Å²) in [4.78, 5) is 26.3. The van der Waals surface area contributed by atoms with E-state index in [1.54, 1.807) is 17.1 Å². The molecule has 1 aromatic rings. The number of rotatable bonds is 4. The standard InChI is InChI=1S/C16H25N5O3/c1-11-7-20(8-12(2)24-11)15(22)10-21-9-14(6-18-21)19-16(23)13-3-4-17-5-13/h6,9,11-13,17H,3-5,7-8,10H2,1-2H3,(H,19,23). The average molecular weight is 335 g/mol. The van der Waals surface area contributed by atoms with E-state index < -0.39 is 0 Å². The molecule has 8 nitrogen and oxygen atoms in total. The Hall–Kier alpha value is -1.93. The van der Waals surface area contributed by atoms with E-state index in [2.05, 4.69) is 15.7 Å². The number of nitrogens with zero attached hydrogens (tertiary/aromatic N) is 3. The van der Waals surface area contributed by atoms with Crippen molar-refractivity contribution in [3.8, 4) is 0 Å². The van der Waals surface area contributed by atoms with Crippen molar-refractivity contribution in [2.75, 3.05) is 31.5 Å². The molecule has 2 aliphatic rings. The maximum absolute atomic E-state index is 12.4. The van der Waals surface area contributed by atoms with Gasteiger partial charge >= 0.3 is 0 Å². The van der Waals surface area contributed by atoms with Crippen LogP contribution in [0.5, 0.6) is 0 Å². The SMILES string of the molecule is CC1CN(C(=O)Cn2cc(NC(=O)C3CCNC3)cn2)CC(C)O1. The molecular formula is C16H25N5O3. The molecule has 2 fully saturated rings. The van der Waals surface area contributed by atoms with Crippen LogP contribution in [0.2, 0.25) is 0 Å². The van der Waals surface area contributed by atoms with Crippen LogP contribution in [0.4, 0.5) is 5.69 Å². The van der Waals surface area contributed by atoms with Crippen LogP contribution in [0, 0.1) is 5.92 Å². The number of nitrogens with one attached hydrogen (secondary N) is 2. The molecule has 3 atom stereocenters. The summed E-state index contributed by atoms with van der Waals surface area (Å²) in [5.41, 5.74) is 0.628. The molecule has 1 aromatic heterocycles. The molecule has 0 bridgehead atoms. The lowest BCUT2D eigenvalue weighted by atomic mass is 10.1. The first-order valence-corrected chi connectivity index (χ1v) is 8.48. The summed E-state index contributed by atoms with van der Waals surface area (Å²) in [7, 11) is 0. The minimum Gasteiger partial charge on any atom is -0.372 e. The largest absolute Gasteiger partial charge is 0.372 e. The summed E-state index contributed by atoms with van der Waals surface area (Å²) in [6.07, 6.45) is 4.23. The number of hydrogen-bond acceptors (Lipinski definition) is 5. The molecule has 2 N–H and O–H groups in total. The van der Waals surface area contributed by atoms with Crippen molar-refractivity contribution in [1.29, 1.82) is 0 Å². The van der Waals surface area contributed by atoms with Crippen molar-refractivity contribution in [1.82, 2.24) is 20.0 Å². The number of anilines is 1. The number of amides is 2. The Morgan fingerprint density at radius 1 is 1.38 bits per heavy atom. The molecule has 8 heteroatoms. The summed E-state index contributed by atoms with van der Waals surface area (Å²) in [5.74, 6) is 0.0194. The summed E-state index contributed by atoms with van der Waals surface area (Å²) < 4.78 is 7.21. The molecule has 132 valence electrons. The van der Waals surface area contributed by atoms with Crippen LogP contribution < -0.4 is 10.6 Å². The number of ether oxygens (including phenoxy) is 1. The molecule has 0 saturated carbocycles. The topological polar surface area (TPSA) is 88.5 Å². The fourth-order valence-electron chi connectivity index (χ4n) is 3.26. The predicted molar refractivity (Wildman–Crippen MR) is 88.4 cm³/mol. The van der Waals surface area contributed by atoms with Gasteiger partial charge in [0.25, 0.3) is 0 Å². The summed E-state index contributed by atoms with van der Waals surface area (Å²) in [6, 6.07) is 0. The minimum atomic E-state index is 0.00158. The first kappa shape index (κ1) is 16.9. The zero-order valence-electron chi connectivity index (χ0n) is 14.2. The van der Waals surface area contributed by atoms with Gasteiger partial charge in [0.2, 0.25) is 11.8 Å². The van der Waals surface area contributed by atoms with Crippen molar-refractivity contribution in [2.45, 2.75) is 39.0 Å². The average Bonchev–Trinajstić information content (AvgIpc) is 3.18. The molecule has 3 unspecified atom stereocenters. The van der Waals surface area contributed by atoms with Crippen LogP contribution in [-0.4, -0.2) is 64.9 Å². The second-order valence-corrected chi connectivity index (χ2v) is 6.66. The van der Waals surface area contributed by atoms with Gasteiger partial charge in [0, 0.05) is 25.8 Å². The predicted octanol–water partition coefficient (Wildman–Crippen LogP) is 0.0669. The Balaban J connectivity index is 1.53. The van der Waals surface area contributed by atoms with E-state index in [0.29, 0.717) is 25.3 Å². The number of morpholine rings is 1. The van der Waals surface area contributed by atoms with E-state index in [4.69, 9.17) is 4.74 Å². The Morgan fingerprint density at radius 3 is 2.79 bits per heavy atom. The van der Waals surface area contributed by atoms with Crippen LogP contribution in [0.15, 0.2) is 12.4 Å². The fraction of sp³-hybridized carbons (Fsp3) is 0.688. The maximum atomic E-state index is 12.4. The van der Waals surface area contributed by atoms with Gasteiger partial charge in [-0.1, -0.05) is 0 Å². The zero-order chi connectivity index (χ0) is 17.1. The highest BCUT2D eigenvalue weighted by Crippen LogP contribution is 2.14. The fourth-order valence-corrected chi connectivity index (χ4v) is 3.26. The monoisotopic (exact) mass is 335 g/mol. The molecule has 2 aliphatic heterocycles. The highest BCUT2D eigenvalue weighted by Gasteiger charge is 2.26. The van der Waals surface area contributed by atoms with Crippen LogP contribution in [0.1, 0.15) is 20.3 Å². The van der Waals surface area contributed by atoms with Crippen LogP contribution in [-0.2, 0) is 20.9 Å². The first-order valence-electron chi connectivity index (χ1n) is 8.48. The van der Waals surface area contributed by atoms with Crippen molar-refractivity contribution in [2.24, 2.45) is 5.92 Å². The number of hydrogen-bond donors (Lipinski definition) is 2. The molecule has 2 amide bonds. The highest BCUT2D eigenvalue weighted by molar-refractivity contribution is 5.92. The minimum absolute atomic E-state index is 0.00158. The number of carbonyl (C=O) groups is 2. The van der Waals surface area contributed by atoms with Gasteiger partial charge in [-0.05, 0) is 26.8 Å². The lowest BCUT2D eigenvalue weighted by Gasteiger charge is -2.35. The van der Waals surface area contributed by atoms with Crippen LogP contribution in [0.3, 0.4) is 0 Å². The molecule has 3 heterocycles. The molecule has 0 radical (unpaired) electrons. The molecule has 0 aliphatic carbocycles.